The Morgan fingerprint density at radius 3 is 1.88 bits per heavy atom. The largest absolute Gasteiger partial charge is 0.393 e. The second-order valence-corrected chi connectivity index (χ2v) is 10.7. The van der Waals surface area contributed by atoms with Crippen molar-refractivity contribution < 1.29 is 39.0 Å². The van der Waals surface area contributed by atoms with Gasteiger partial charge in [0.15, 0.2) is 0 Å². The number of primary amides is 2. The van der Waals surface area contributed by atoms with E-state index in [2.05, 4.69) is 22.9 Å². The van der Waals surface area contributed by atoms with Gasteiger partial charge in [-0.15, -0.1) is 0 Å². The number of carbonyl (C=O) groups is 6. The van der Waals surface area contributed by atoms with Crippen molar-refractivity contribution in [3.05, 3.63) is 0 Å². The van der Waals surface area contributed by atoms with Gasteiger partial charge in [0.05, 0.1) is 37.5 Å². The van der Waals surface area contributed by atoms with Crippen molar-refractivity contribution in [1.82, 2.24) is 16.0 Å². The van der Waals surface area contributed by atoms with E-state index in [9.17, 15) is 39.0 Å². The summed E-state index contributed by atoms with van der Waals surface area (Å²) in [6.45, 7) is 5.79. The Kier molecular flexibility index (Phi) is 19.2. The highest BCUT2D eigenvalue weighted by molar-refractivity contribution is 5.95. The van der Waals surface area contributed by atoms with E-state index in [0.717, 1.165) is 32.1 Å². The molecule has 0 heterocycles. The Morgan fingerprint density at radius 1 is 0.775 bits per heavy atom. The maximum absolute atomic E-state index is 13.0. The normalized spacial score (nSPS) is 14.8. The Labute approximate surface area is 236 Å². The molecule has 0 aliphatic heterocycles. The molecule has 0 aromatic rings. The summed E-state index contributed by atoms with van der Waals surface area (Å²) in [6.07, 6.45) is 4.17. The lowest BCUT2D eigenvalue weighted by molar-refractivity contribution is -0.136. The van der Waals surface area contributed by atoms with Crippen molar-refractivity contribution in [2.24, 2.45) is 17.4 Å². The highest BCUT2D eigenvalue weighted by Gasteiger charge is 2.34. The zero-order chi connectivity index (χ0) is 30.7. The fraction of sp³-hybridized carbons (Fsp3) is 0.778. The third-order valence-corrected chi connectivity index (χ3v) is 6.21. The van der Waals surface area contributed by atoms with Gasteiger partial charge in [0.25, 0.3) is 0 Å². The highest BCUT2D eigenvalue weighted by Crippen LogP contribution is 2.12. The van der Waals surface area contributed by atoms with Crippen molar-refractivity contribution in [3.63, 3.8) is 0 Å². The summed E-state index contributed by atoms with van der Waals surface area (Å²) < 4.78 is 0. The Bertz CT molecular complexity index is 823. The summed E-state index contributed by atoms with van der Waals surface area (Å²) in [7, 11) is 0. The molecule has 13 nitrogen and oxygen atoms in total. The van der Waals surface area contributed by atoms with Crippen molar-refractivity contribution >= 4 is 35.8 Å². The molecule has 0 radical (unpaired) electrons. The van der Waals surface area contributed by atoms with Crippen LogP contribution in [-0.2, 0) is 28.8 Å². The van der Waals surface area contributed by atoms with Gasteiger partial charge in [-0.3, -0.25) is 24.0 Å². The number of hydrogen-bond donors (Lipinski definition) is 7. The zero-order valence-corrected chi connectivity index (χ0v) is 24.0. The summed E-state index contributed by atoms with van der Waals surface area (Å²) >= 11 is 0. The van der Waals surface area contributed by atoms with E-state index in [1.807, 2.05) is 13.8 Å². The van der Waals surface area contributed by atoms with Gasteiger partial charge in [-0.05, 0) is 18.8 Å². The van der Waals surface area contributed by atoms with Crippen molar-refractivity contribution in [3.8, 4) is 0 Å². The van der Waals surface area contributed by atoms with Crippen LogP contribution in [-0.4, -0.2) is 76.4 Å². The maximum Gasteiger partial charge on any atom is 0.245 e. The number of nitrogens with one attached hydrogen (secondary N) is 3. The molecular formula is C27H49N5O8. The Balaban J connectivity index is 5.28. The van der Waals surface area contributed by atoms with Gasteiger partial charge in [-0.2, -0.15) is 0 Å². The van der Waals surface area contributed by atoms with Crippen LogP contribution in [0.15, 0.2) is 0 Å². The number of aliphatic hydroxyl groups is 2. The molecule has 0 fully saturated rings. The van der Waals surface area contributed by atoms with Gasteiger partial charge in [-0.25, -0.2) is 0 Å². The van der Waals surface area contributed by atoms with Gasteiger partial charge < -0.3 is 42.4 Å². The topological polar surface area (TPSA) is 231 Å². The molecule has 40 heavy (non-hydrogen) atoms. The van der Waals surface area contributed by atoms with Crippen LogP contribution in [0.1, 0.15) is 97.8 Å². The third kappa shape index (κ3) is 17.5. The van der Waals surface area contributed by atoms with E-state index in [0.29, 0.717) is 12.7 Å². The number of hydrogen-bond acceptors (Lipinski definition) is 8. The van der Waals surface area contributed by atoms with Crippen LogP contribution in [0.5, 0.6) is 0 Å². The molecule has 1 unspecified atom stereocenters. The number of nitrogens with two attached hydrogens (primary N) is 2. The molecule has 0 saturated heterocycles. The van der Waals surface area contributed by atoms with E-state index in [1.165, 1.54) is 12.8 Å². The standard InChI is InChI=1S/C27H49N5O8/c1-4-5-6-7-8-9-10-11-19(34)13-24(38)31-20(14-22(28)36)26(39)32-25(21(35)15-23(29)37)27(40)30-18(16-33)12-17(2)3/h16-21,25,34-35H,4-15H2,1-3H3,(H2,28,36)(H2,29,37)(H,30,40)(H,31,38)(H,32,39)/t18?,19-,20+,21-,25+/m1/s1. The molecule has 0 rings (SSSR count). The lowest BCUT2D eigenvalue weighted by Crippen LogP contribution is -2.60. The van der Waals surface area contributed by atoms with Crippen LogP contribution in [0, 0.1) is 5.92 Å². The van der Waals surface area contributed by atoms with Gasteiger partial charge in [0.1, 0.15) is 18.4 Å². The van der Waals surface area contributed by atoms with Gasteiger partial charge in [0, 0.05) is 0 Å². The molecule has 0 aromatic carbocycles. The van der Waals surface area contributed by atoms with Crippen molar-refractivity contribution in [2.75, 3.05) is 0 Å². The first kappa shape index (κ1) is 36.9. The first-order valence-corrected chi connectivity index (χ1v) is 14.1. The minimum absolute atomic E-state index is 0.0374. The summed E-state index contributed by atoms with van der Waals surface area (Å²) in [6, 6.07) is -4.18. The van der Waals surface area contributed by atoms with Crippen molar-refractivity contribution in [1.29, 1.82) is 0 Å². The van der Waals surface area contributed by atoms with E-state index in [1.54, 1.807) is 0 Å². The molecule has 9 N–H and O–H groups in total. The summed E-state index contributed by atoms with van der Waals surface area (Å²) in [4.78, 5) is 72.7. The van der Waals surface area contributed by atoms with Crippen LogP contribution in [0.3, 0.4) is 0 Å². The van der Waals surface area contributed by atoms with Crippen LogP contribution >= 0.6 is 0 Å². The summed E-state index contributed by atoms with van der Waals surface area (Å²) in [5, 5.41) is 27.6. The van der Waals surface area contributed by atoms with Gasteiger partial charge in [-0.1, -0.05) is 65.7 Å². The molecule has 13 heteroatoms. The van der Waals surface area contributed by atoms with E-state index >= 15 is 0 Å². The highest BCUT2D eigenvalue weighted by atomic mass is 16.3. The monoisotopic (exact) mass is 571 g/mol. The molecule has 5 atom stereocenters. The number of carbonyl (C=O) groups excluding carboxylic acids is 6. The average molecular weight is 572 g/mol. The van der Waals surface area contributed by atoms with E-state index in [-0.39, 0.29) is 18.8 Å². The minimum Gasteiger partial charge on any atom is -0.393 e. The Morgan fingerprint density at radius 2 is 1.35 bits per heavy atom. The minimum atomic E-state index is -1.76. The number of rotatable bonds is 23. The lowest BCUT2D eigenvalue weighted by Gasteiger charge is -2.27. The number of aldehydes is 1. The van der Waals surface area contributed by atoms with Crippen LogP contribution < -0.4 is 27.4 Å². The summed E-state index contributed by atoms with van der Waals surface area (Å²) in [5.74, 6) is -4.56. The average Bonchev–Trinajstić information content (AvgIpc) is 2.84. The number of aliphatic hydroxyl groups excluding tert-OH is 2. The molecule has 0 spiro atoms. The number of amides is 5. The second kappa shape index (κ2) is 20.8. The zero-order valence-electron chi connectivity index (χ0n) is 24.0. The molecule has 0 bridgehead atoms. The molecule has 0 aromatic heterocycles. The molecule has 0 aliphatic carbocycles. The van der Waals surface area contributed by atoms with Crippen LogP contribution in [0.2, 0.25) is 0 Å². The smallest absolute Gasteiger partial charge is 0.245 e. The van der Waals surface area contributed by atoms with Crippen molar-refractivity contribution in [2.45, 2.75) is 128 Å². The van der Waals surface area contributed by atoms with Crippen LogP contribution in [0.4, 0.5) is 0 Å². The quantitative estimate of drug-likeness (QED) is 0.0633. The Hall–Kier alpha value is -3.06. The molecule has 230 valence electrons. The molecular weight excluding hydrogens is 522 g/mol. The second-order valence-electron chi connectivity index (χ2n) is 10.7. The van der Waals surface area contributed by atoms with Gasteiger partial charge >= 0.3 is 0 Å². The molecule has 0 aliphatic rings. The van der Waals surface area contributed by atoms with E-state index < -0.39 is 72.7 Å². The molecule has 5 amide bonds. The predicted octanol–water partition coefficient (Wildman–Crippen LogP) is -0.311. The first-order valence-electron chi connectivity index (χ1n) is 14.1. The predicted molar refractivity (Wildman–Crippen MR) is 148 cm³/mol. The fourth-order valence-electron chi connectivity index (χ4n) is 4.16. The van der Waals surface area contributed by atoms with Crippen LogP contribution in [0.25, 0.3) is 0 Å². The molecule has 0 saturated carbocycles. The fourth-order valence-corrected chi connectivity index (χ4v) is 4.16. The lowest BCUT2D eigenvalue weighted by atomic mass is 10.0. The third-order valence-electron chi connectivity index (χ3n) is 6.21. The first-order chi connectivity index (χ1) is 18.8. The maximum atomic E-state index is 13.0. The SMILES string of the molecule is CCCCCCCCC[C@@H](O)CC(=O)N[C@@H](CC(N)=O)C(=O)N[C@H](C(=O)NC(C=O)CC(C)C)[C@H](O)CC(N)=O. The number of unbranched alkanes of at least 4 members (excludes halogenated alkanes) is 6. The van der Waals surface area contributed by atoms with E-state index in [4.69, 9.17) is 11.5 Å². The van der Waals surface area contributed by atoms with Gasteiger partial charge in [0.2, 0.25) is 29.5 Å². The summed E-state index contributed by atoms with van der Waals surface area (Å²) in [5.41, 5.74) is 10.4.